The van der Waals surface area contributed by atoms with E-state index in [0.29, 0.717) is 22.9 Å². The van der Waals surface area contributed by atoms with Crippen LogP contribution in [0.15, 0.2) is 43.1 Å². The third-order valence-corrected chi connectivity index (χ3v) is 5.62. The predicted molar refractivity (Wildman–Crippen MR) is 118 cm³/mol. The summed E-state index contributed by atoms with van der Waals surface area (Å²) in [5.74, 6) is 0.548. The summed E-state index contributed by atoms with van der Waals surface area (Å²) in [6.45, 7) is 4.70. The Morgan fingerprint density at radius 2 is 2.03 bits per heavy atom. The molecule has 0 atom stereocenters. The molecular formula is C23H23N7O2. The van der Waals surface area contributed by atoms with E-state index in [2.05, 4.69) is 25.4 Å². The van der Waals surface area contributed by atoms with E-state index in [-0.39, 0.29) is 18.2 Å². The maximum atomic E-state index is 13.3. The van der Waals surface area contributed by atoms with Crippen molar-refractivity contribution in [3.63, 3.8) is 0 Å². The number of carbonyl (C=O) groups excluding carboxylic acids is 2. The molecule has 1 aliphatic rings. The maximum Gasteiger partial charge on any atom is 0.247 e. The molecule has 5 rings (SSSR count). The minimum atomic E-state index is -0.261. The van der Waals surface area contributed by atoms with Crippen molar-refractivity contribution in [3.05, 3.63) is 65.6 Å². The van der Waals surface area contributed by atoms with Crippen LogP contribution in [0.2, 0.25) is 0 Å². The van der Waals surface area contributed by atoms with Crippen LogP contribution in [-0.2, 0) is 17.9 Å². The van der Waals surface area contributed by atoms with Gasteiger partial charge in [0.05, 0.1) is 11.3 Å². The van der Waals surface area contributed by atoms with Crippen LogP contribution in [0.5, 0.6) is 0 Å². The molecule has 32 heavy (non-hydrogen) atoms. The van der Waals surface area contributed by atoms with Crippen molar-refractivity contribution in [3.8, 4) is 0 Å². The SMILES string of the molecule is Cc1cc(C)n(CC(=O)Nc2cc(C(=O)c3cn(CC4CC4)c4ncncc34)ccn2)n1. The van der Waals surface area contributed by atoms with Gasteiger partial charge in [-0.25, -0.2) is 15.0 Å². The van der Waals surface area contributed by atoms with Gasteiger partial charge in [0.1, 0.15) is 24.3 Å². The number of fused-ring (bicyclic) bond motifs is 1. The van der Waals surface area contributed by atoms with Crippen LogP contribution in [0.1, 0.15) is 40.2 Å². The largest absolute Gasteiger partial charge is 0.331 e. The summed E-state index contributed by atoms with van der Waals surface area (Å²) in [5, 5.41) is 7.78. The monoisotopic (exact) mass is 429 g/mol. The Balaban J connectivity index is 1.38. The van der Waals surface area contributed by atoms with Gasteiger partial charge < -0.3 is 9.88 Å². The minimum absolute atomic E-state index is 0.0749. The number of nitrogens with one attached hydrogen (secondary N) is 1. The first-order valence-corrected chi connectivity index (χ1v) is 10.6. The highest BCUT2D eigenvalue weighted by Crippen LogP contribution is 2.32. The summed E-state index contributed by atoms with van der Waals surface area (Å²) in [6, 6.07) is 5.15. The first-order valence-electron chi connectivity index (χ1n) is 10.6. The first kappa shape index (κ1) is 20.0. The van der Waals surface area contributed by atoms with E-state index in [1.165, 1.54) is 25.4 Å². The number of anilines is 1. The van der Waals surface area contributed by atoms with Crippen molar-refractivity contribution in [2.24, 2.45) is 5.92 Å². The topological polar surface area (TPSA) is 108 Å². The van der Waals surface area contributed by atoms with Crippen LogP contribution in [-0.4, -0.2) is 41.0 Å². The van der Waals surface area contributed by atoms with Crippen molar-refractivity contribution in [2.75, 3.05) is 5.32 Å². The molecule has 0 saturated heterocycles. The number of hydrogen-bond donors (Lipinski definition) is 1. The third-order valence-electron chi connectivity index (χ3n) is 5.62. The van der Waals surface area contributed by atoms with Gasteiger partial charge in [0.2, 0.25) is 5.91 Å². The fourth-order valence-corrected chi connectivity index (χ4v) is 3.88. The number of pyridine rings is 1. The average Bonchev–Trinajstić information content (AvgIpc) is 3.44. The predicted octanol–water partition coefficient (Wildman–Crippen LogP) is 2.92. The number of aryl methyl sites for hydroxylation is 2. The lowest BCUT2D eigenvalue weighted by Crippen LogP contribution is -2.21. The molecule has 0 aliphatic heterocycles. The zero-order valence-electron chi connectivity index (χ0n) is 17.9. The number of ketones is 1. The quantitative estimate of drug-likeness (QED) is 0.453. The van der Waals surface area contributed by atoms with Crippen molar-refractivity contribution >= 4 is 28.5 Å². The van der Waals surface area contributed by atoms with Crippen LogP contribution in [0.4, 0.5) is 5.82 Å². The highest BCUT2D eigenvalue weighted by Gasteiger charge is 2.25. The van der Waals surface area contributed by atoms with Crippen molar-refractivity contribution < 1.29 is 9.59 Å². The standard InChI is InChI=1S/C23H23N7O2/c1-14-7-15(2)30(28-14)12-21(31)27-20-8-17(5-6-25-20)22(32)19-11-29(10-16-3-4-16)23-18(19)9-24-13-26-23/h5-9,11,13,16H,3-4,10,12H2,1-2H3,(H,25,27,31). The van der Waals surface area contributed by atoms with Crippen LogP contribution in [0.3, 0.4) is 0 Å². The van der Waals surface area contributed by atoms with Gasteiger partial charge in [-0.2, -0.15) is 5.10 Å². The molecule has 0 radical (unpaired) electrons. The molecule has 9 heteroatoms. The number of carbonyl (C=O) groups is 2. The lowest BCUT2D eigenvalue weighted by Gasteiger charge is -2.07. The van der Waals surface area contributed by atoms with Gasteiger partial charge in [0.25, 0.3) is 0 Å². The Kier molecular flexibility index (Phi) is 5.01. The maximum absolute atomic E-state index is 13.3. The molecule has 1 amide bonds. The third kappa shape index (κ3) is 4.01. The van der Waals surface area contributed by atoms with Crippen molar-refractivity contribution in [1.29, 1.82) is 0 Å². The average molecular weight is 429 g/mol. The Morgan fingerprint density at radius 1 is 1.19 bits per heavy atom. The van der Waals surface area contributed by atoms with Crippen LogP contribution < -0.4 is 5.32 Å². The highest BCUT2D eigenvalue weighted by atomic mass is 16.2. The summed E-state index contributed by atoms with van der Waals surface area (Å²) in [4.78, 5) is 38.5. The highest BCUT2D eigenvalue weighted by molar-refractivity contribution is 6.16. The number of hydrogen-bond acceptors (Lipinski definition) is 6. The molecular weight excluding hydrogens is 406 g/mol. The second-order valence-corrected chi connectivity index (χ2v) is 8.29. The Hall–Kier alpha value is -3.88. The molecule has 0 spiro atoms. The van der Waals surface area contributed by atoms with E-state index < -0.39 is 0 Å². The van der Waals surface area contributed by atoms with Gasteiger partial charge in [-0.3, -0.25) is 14.3 Å². The van der Waals surface area contributed by atoms with Gasteiger partial charge in [-0.05, 0) is 50.8 Å². The lowest BCUT2D eigenvalue weighted by molar-refractivity contribution is -0.117. The van der Waals surface area contributed by atoms with E-state index in [1.807, 2.05) is 30.7 Å². The molecule has 9 nitrogen and oxygen atoms in total. The summed E-state index contributed by atoms with van der Waals surface area (Å²) in [5.41, 5.74) is 3.51. The van der Waals surface area contributed by atoms with Gasteiger partial charge in [-0.1, -0.05) is 0 Å². The van der Waals surface area contributed by atoms with E-state index >= 15 is 0 Å². The van der Waals surface area contributed by atoms with Gasteiger partial charge in [0, 0.05) is 41.8 Å². The normalized spacial score (nSPS) is 13.4. The number of aromatic nitrogens is 6. The summed E-state index contributed by atoms with van der Waals surface area (Å²) in [7, 11) is 0. The molecule has 1 fully saturated rings. The molecule has 0 bridgehead atoms. The molecule has 1 saturated carbocycles. The smallest absolute Gasteiger partial charge is 0.247 e. The molecule has 4 aromatic heterocycles. The fraction of sp³-hybridized carbons (Fsp3) is 0.304. The Labute approximate surface area is 184 Å². The molecule has 0 unspecified atom stereocenters. The summed E-state index contributed by atoms with van der Waals surface area (Å²) >= 11 is 0. The molecule has 1 aliphatic carbocycles. The van der Waals surface area contributed by atoms with Crippen LogP contribution >= 0.6 is 0 Å². The molecule has 0 aromatic carbocycles. The van der Waals surface area contributed by atoms with E-state index in [1.54, 1.807) is 23.0 Å². The zero-order valence-corrected chi connectivity index (χ0v) is 17.9. The molecule has 1 N–H and O–H groups in total. The number of amides is 1. The lowest BCUT2D eigenvalue weighted by atomic mass is 10.1. The first-order chi connectivity index (χ1) is 15.5. The van der Waals surface area contributed by atoms with Gasteiger partial charge in [-0.15, -0.1) is 0 Å². The van der Waals surface area contributed by atoms with E-state index in [0.717, 1.165) is 29.0 Å². The Morgan fingerprint density at radius 3 is 2.78 bits per heavy atom. The van der Waals surface area contributed by atoms with Crippen molar-refractivity contribution in [1.82, 2.24) is 29.3 Å². The minimum Gasteiger partial charge on any atom is -0.331 e. The molecule has 4 heterocycles. The summed E-state index contributed by atoms with van der Waals surface area (Å²) in [6.07, 6.45) is 8.98. The number of nitrogens with zero attached hydrogens (tertiary/aromatic N) is 6. The molecule has 4 aromatic rings. The molecule has 162 valence electrons. The second-order valence-electron chi connectivity index (χ2n) is 8.29. The second kappa shape index (κ2) is 7.99. The van der Waals surface area contributed by atoms with Crippen molar-refractivity contribution in [2.45, 2.75) is 39.8 Å². The van der Waals surface area contributed by atoms with E-state index in [4.69, 9.17) is 0 Å². The van der Waals surface area contributed by atoms with Gasteiger partial charge in [0.15, 0.2) is 5.78 Å². The summed E-state index contributed by atoms with van der Waals surface area (Å²) < 4.78 is 3.68. The van der Waals surface area contributed by atoms with E-state index in [9.17, 15) is 9.59 Å². The van der Waals surface area contributed by atoms with Crippen LogP contribution in [0, 0.1) is 19.8 Å². The fourth-order valence-electron chi connectivity index (χ4n) is 3.88. The number of rotatable bonds is 7. The van der Waals surface area contributed by atoms with Gasteiger partial charge >= 0.3 is 0 Å². The zero-order chi connectivity index (χ0) is 22.2. The van der Waals surface area contributed by atoms with Crippen LogP contribution in [0.25, 0.3) is 11.0 Å². The Bertz CT molecular complexity index is 1330.